The van der Waals surface area contributed by atoms with Gasteiger partial charge in [-0.3, -0.25) is 25.2 Å². The van der Waals surface area contributed by atoms with E-state index in [1.54, 1.807) is 54.6 Å². The van der Waals surface area contributed by atoms with Crippen molar-refractivity contribution in [3.63, 3.8) is 0 Å². The van der Waals surface area contributed by atoms with Crippen LogP contribution in [-0.4, -0.2) is 29.4 Å². The van der Waals surface area contributed by atoms with Crippen molar-refractivity contribution in [3.05, 3.63) is 93.5 Å². The van der Waals surface area contributed by atoms with Crippen molar-refractivity contribution < 1.29 is 19.1 Å². The molecule has 4 N–H and O–H groups in total. The molecule has 0 spiro atoms. The molecule has 0 aromatic heterocycles. The number of carbonyl (C=O) groups is 3. The lowest BCUT2D eigenvalue weighted by Gasteiger charge is -2.12. The molecule has 3 rings (SSSR count). The third kappa shape index (κ3) is 9.05. The van der Waals surface area contributed by atoms with Crippen LogP contribution in [-0.2, 0) is 4.79 Å². The highest BCUT2D eigenvalue weighted by Gasteiger charge is 2.10. The zero-order chi connectivity index (χ0) is 26.8. The number of halogens is 2. The number of rotatable bonds is 8. The fourth-order valence-electron chi connectivity index (χ4n) is 3.11. The maximum atomic E-state index is 12.4. The fraction of sp³-hybridized carbons (Fsp3) is 0.154. The summed E-state index contributed by atoms with van der Waals surface area (Å²) >= 11 is 16.9. The summed E-state index contributed by atoms with van der Waals surface area (Å²) in [6.45, 7) is 2.18. The second kappa shape index (κ2) is 13.6. The van der Waals surface area contributed by atoms with Crippen molar-refractivity contribution >= 4 is 63.9 Å². The van der Waals surface area contributed by atoms with E-state index >= 15 is 0 Å². The standard InChI is InChI=1S/C26H24Cl2N4O4S/c1-16-4-2-5-18(14-16)24(34)29-20-10-7-17(8-11-20)25(35)31-32-26(37)30-23(33)6-3-13-36-22-12-9-19(27)15-21(22)28/h2,4-5,7-12,14-15H,3,6,13H2,1H3,(H,29,34)(H,31,35)(H2,30,32,33,37). The van der Waals surface area contributed by atoms with Crippen molar-refractivity contribution in [2.45, 2.75) is 19.8 Å². The van der Waals surface area contributed by atoms with E-state index in [0.29, 0.717) is 39.0 Å². The van der Waals surface area contributed by atoms with Crippen molar-refractivity contribution in [2.24, 2.45) is 0 Å². The van der Waals surface area contributed by atoms with Gasteiger partial charge in [0.15, 0.2) is 5.11 Å². The molecule has 0 aliphatic carbocycles. The number of hydrogen-bond acceptors (Lipinski definition) is 5. The second-order valence-electron chi connectivity index (χ2n) is 7.88. The van der Waals surface area contributed by atoms with Crippen LogP contribution in [0, 0.1) is 6.92 Å². The topological polar surface area (TPSA) is 109 Å². The number of hydrazine groups is 1. The largest absolute Gasteiger partial charge is 0.492 e. The van der Waals surface area contributed by atoms with Crippen LogP contribution in [0.4, 0.5) is 5.69 Å². The van der Waals surface area contributed by atoms with Gasteiger partial charge in [0, 0.05) is 28.3 Å². The van der Waals surface area contributed by atoms with Crippen LogP contribution in [0.2, 0.25) is 10.0 Å². The van der Waals surface area contributed by atoms with Crippen LogP contribution in [0.1, 0.15) is 39.1 Å². The van der Waals surface area contributed by atoms with Gasteiger partial charge in [0.2, 0.25) is 5.91 Å². The minimum absolute atomic E-state index is 0.0537. The fourth-order valence-corrected chi connectivity index (χ4v) is 3.74. The van der Waals surface area contributed by atoms with Gasteiger partial charge in [0.05, 0.1) is 11.6 Å². The lowest BCUT2D eigenvalue weighted by Crippen LogP contribution is -2.48. The normalized spacial score (nSPS) is 10.2. The summed E-state index contributed by atoms with van der Waals surface area (Å²) < 4.78 is 5.53. The number of ether oxygens (including phenoxy) is 1. The summed E-state index contributed by atoms with van der Waals surface area (Å²) in [5.74, 6) is -0.579. The molecule has 37 heavy (non-hydrogen) atoms. The van der Waals surface area contributed by atoms with Gasteiger partial charge in [0.25, 0.3) is 11.8 Å². The molecule has 3 aromatic rings. The third-order valence-corrected chi connectivity index (χ3v) is 5.66. The highest BCUT2D eigenvalue weighted by atomic mass is 35.5. The minimum atomic E-state index is -0.471. The van der Waals surface area contributed by atoms with Crippen LogP contribution in [0.25, 0.3) is 0 Å². The smallest absolute Gasteiger partial charge is 0.269 e. The second-order valence-corrected chi connectivity index (χ2v) is 9.14. The van der Waals surface area contributed by atoms with Crippen LogP contribution >= 0.6 is 35.4 Å². The molecule has 0 aliphatic rings. The molecule has 11 heteroatoms. The van der Waals surface area contributed by atoms with E-state index in [1.165, 1.54) is 0 Å². The first-order valence-electron chi connectivity index (χ1n) is 11.2. The van der Waals surface area contributed by atoms with Crippen molar-refractivity contribution in [3.8, 4) is 5.75 Å². The number of thiocarbonyl (C=S) groups is 1. The molecule has 0 aliphatic heterocycles. The summed E-state index contributed by atoms with van der Waals surface area (Å²) in [6.07, 6.45) is 0.573. The zero-order valence-corrected chi connectivity index (χ0v) is 22.1. The lowest BCUT2D eigenvalue weighted by molar-refractivity contribution is -0.119. The molecule has 0 saturated heterocycles. The SMILES string of the molecule is Cc1cccc(C(=O)Nc2ccc(C(=O)NNC(=S)NC(=O)CCCOc3ccc(Cl)cc3Cl)cc2)c1. The molecule has 192 valence electrons. The van der Waals surface area contributed by atoms with Gasteiger partial charge >= 0.3 is 0 Å². The third-order valence-electron chi connectivity index (χ3n) is 4.93. The maximum absolute atomic E-state index is 12.4. The molecular weight excluding hydrogens is 535 g/mol. The number of amides is 3. The minimum Gasteiger partial charge on any atom is -0.492 e. The Morgan fingerprint density at radius 2 is 1.65 bits per heavy atom. The molecule has 0 unspecified atom stereocenters. The van der Waals surface area contributed by atoms with Crippen molar-refractivity contribution in [2.75, 3.05) is 11.9 Å². The monoisotopic (exact) mass is 558 g/mol. The average molecular weight is 559 g/mol. The number of hydrogen-bond donors (Lipinski definition) is 4. The highest BCUT2D eigenvalue weighted by molar-refractivity contribution is 7.80. The van der Waals surface area contributed by atoms with Crippen molar-refractivity contribution in [1.29, 1.82) is 0 Å². The van der Waals surface area contributed by atoms with E-state index in [-0.39, 0.29) is 30.0 Å². The van der Waals surface area contributed by atoms with Crippen LogP contribution < -0.4 is 26.2 Å². The summed E-state index contributed by atoms with van der Waals surface area (Å²) in [6, 6.07) is 18.4. The molecule has 0 radical (unpaired) electrons. The van der Waals surface area contributed by atoms with E-state index in [2.05, 4.69) is 21.5 Å². The molecule has 3 aromatic carbocycles. The molecule has 0 fully saturated rings. The number of aryl methyl sites for hydroxylation is 1. The predicted molar refractivity (Wildman–Crippen MR) is 148 cm³/mol. The first-order chi connectivity index (χ1) is 17.7. The Kier molecular flexibility index (Phi) is 10.3. The van der Waals surface area contributed by atoms with Gasteiger partial charge < -0.3 is 15.4 Å². The molecule has 0 atom stereocenters. The van der Waals surface area contributed by atoms with Gasteiger partial charge in [-0.25, -0.2) is 0 Å². The summed E-state index contributed by atoms with van der Waals surface area (Å²) in [5, 5.41) is 6.10. The maximum Gasteiger partial charge on any atom is 0.269 e. The summed E-state index contributed by atoms with van der Waals surface area (Å²) in [4.78, 5) is 36.8. The van der Waals surface area contributed by atoms with Crippen LogP contribution in [0.3, 0.4) is 0 Å². The number of benzene rings is 3. The summed E-state index contributed by atoms with van der Waals surface area (Å²) in [5.41, 5.74) is 7.29. The Balaban J connectivity index is 1.36. The lowest BCUT2D eigenvalue weighted by atomic mass is 10.1. The Hall–Kier alpha value is -3.66. The van der Waals surface area contributed by atoms with E-state index in [4.69, 9.17) is 40.2 Å². The Morgan fingerprint density at radius 1 is 0.892 bits per heavy atom. The summed E-state index contributed by atoms with van der Waals surface area (Å²) in [7, 11) is 0. The van der Waals surface area contributed by atoms with E-state index < -0.39 is 5.91 Å². The molecule has 0 saturated carbocycles. The molecule has 8 nitrogen and oxygen atoms in total. The number of carbonyl (C=O) groups excluding carboxylic acids is 3. The zero-order valence-electron chi connectivity index (χ0n) is 19.8. The van der Waals surface area contributed by atoms with E-state index in [1.807, 2.05) is 19.1 Å². The van der Waals surface area contributed by atoms with Crippen LogP contribution in [0.5, 0.6) is 5.75 Å². The number of nitrogens with one attached hydrogen (secondary N) is 4. The van der Waals surface area contributed by atoms with Gasteiger partial charge in [-0.05, 0) is 80.2 Å². The molecule has 0 bridgehead atoms. The Morgan fingerprint density at radius 3 is 2.35 bits per heavy atom. The molecule has 0 heterocycles. The van der Waals surface area contributed by atoms with Gasteiger partial charge in [-0.1, -0.05) is 40.9 Å². The quantitative estimate of drug-likeness (QED) is 0.175. The Labute approximate surface area is 229 Å². The van der Waals surface area contributed by atoms with E-state index in [0.717, 1.165) is 5.56 Å². The Bertz CT molecular complexity index is 1300. The number of anilines is 1. The van der Waals surface area contributed by atoms with Crippen molar-refractivity contribution in [1.82, 2.24) is 16.2 Å². The first-order valence-corrected chi connectivity index (χ1v) is 12.3. The van der Waals surface area contributed by atoms with Crippen LogP contribution in [0.15, 0.2) is 66.7 Å². The highest BCUT2D eigenvalue weighted by Crippen LogP contribution is 2.27. The van der Waals surface area contributed by atoms with Gasteiger partial charge in [-0.2, -0.15) is 0 Å². The van der Waals surface area contributed by atoms with Gasteiger partial charge in [0.1, 0.15) is 5.75 Å². The molecular formula is C26H24Cl2N4O4S. The molecule has 3 amide bonds. The first kappa shape index (κ1) is 27.9. The predicted octanol–water partition coefficient (Wildman–Crippen LogP) is 5.05. The average Bonchev–Trinajstić information content (AvgIpc) is 2.86. The van der Waals surface area contributed by atoms with E-state index in [9.17, 15) is 14.4 Å². The van der Waals surface area contributed by atoms with Gasteiger partial charge in [-0.15, -0.1) is 0 Å².